The van der Waals surface area contributed by atoms with Crippen LogP contribution < -0.4 is 9.47 Å². The van der Waals surface area contributed by atoms with Gasteiger partial charge in [0, 0.05) is 27.1 Å². The molecule has 4 aromatic rings. The number of halogens is 1. The Morgan fingerprint density at radius 2 is 1.66 bits per heavy atom. The minimum Gasteiger partial charge on any atom is -0.492 e. The molecule has 1 aliphatic heterocycles. The number of nitrogens with zero attached hydrogens (tertiary/aromatic N) is 2. The fourth-order valence-electron chi connectivity index (χ4n) is 4.27. The van der Waals surface area contributed by atoms with E-state index in [1.54, 1.807) is 0 Å². The Hall–Kier alpha value is -3.49. The van der Waals surface area contributed by atoms with Crippen molar-refractivity contribution < 1.29 is 19.1 Å². The summed E-state index contributed by atoms with van der Waals surface area (Å²) in [5, 5.41) is 0.758. The van der Waals surface area contributed by atoms with Gasteiger partial charge in [-0.15, -0.1) is 0 Å². The normalized spacial score (nSPS) is 14.7. The summed E-state index contributed by atoms with van der Waals surface area (Å²) in [7, 11) is 0. The van der Waals surface area contributed by atoms with Crippen LogP contribution in [0.3, 0.4) is 0 Å². The Morgan fingerprint density at radius 3 is 2.39 bits per heavy atom. The highest BCUT2D eigenvalue weighted by molar-refractivity contribution is 9.10. The molecule has 0 radical (unpaired) electrons. The minimum atomic E-state index is -0.270. The largest absolute Gasteiger partial charge is 0.492 e. The molecule has 1 aromatic heterocycles. The molecule has 1 aliphatic rings. The van der Waals surface area contributed by atoms with E-state index in [9.17, 15) is 9.59 Å². The van der Waals surface area contributed by atoms with Crippen molar-refractivity contribution in [2.24, 2.45) is 0 Å². The summed E-state index contributed by atoms with van der Waals surface area (Å²) in [6, 6.07) is 23.3. The van der Waals surface area contributed by atoms with E-state index in [2.05, 4.69) is 20.5 Å². The van der Waals surface area contributed by atoms with Gasteiger partial charge >= 0.3 is 0 Å². The maximum absolute atomic E-state index is 13.1. The molecule has 2 heterocycles. The summed E-state index contributed by atoms with van der Waals surface area (Å²) >= 11 is 4.39. The number of aromatic nitrogens is 1. The second-order valence-electron chi connectivity index (χ2n) is 9.18. The van der Waals surface area contributed by atoms with Gasteiger partial charge in [0.05, 0.1) is 24.1 Å². The van der Waals surface area contributed by atoms with Gasteiger partial charge in [0.15, 0.2) is 0 Å². The maximum atomic E-state index is 13.1. The monoisotopic (exact) mass is 590 g/mol. The van der Waals surface area contributed by atoms with Gasteiger partial charge < -0.3 is 14.0 Å². The number of ether oxygens (including phenoxy) is 2. The Balaban J connectivity index is 1.30. The molecule has 3 aromatic carbocycles. The summed E-state index contributed by atoms with van der Waals surface area (Å²) in [4.78, 5) is 27.5. The molecule has 0 unspecified atom stereocenters. The lowest BCUT2D eigenvalue weighted by atomic mass is 10.1. The molecule has 38 heavy (non-hydrogen) atoms. The van der Waals surface area contributed by atoms with Crippen LogP contribution in [0.5, 0.6) is 11.5 Å². The summed E-state index contributed by atoms with van der Waals surface area (Å²) in [6.07, 6.45) is 3.95. The molecule has 0 bridgehead atoms. The van der Waals surface area contributed by atoms with E-state index in [0.29, 0.717) is 18.1 Å². The molecule has 0 aliphatic carbocycles. The number of imide groups is 1. The fraction of sp³-hybridized carbons (Fsp3) is 0.200. The van der Waals surface area contributed by atoms with Gasteiger partial charge in [-0.05, 0) is 79.7 Å². The molecule has 1 fully saturated rings. The number of para-hydroxylation sites is 1. The van der Waals surface area contributed by atoms with Crippen LogP contribution in [0.2, 0.25) is 0 Å². The molecule has 2 amide bonds. The van der Waals surface area contributed by atoms with Crippen molar-refractivity contribution in [2.45, 2.75) is 33.0 Å². The Kier molecular flexibility index (Phi) is 7.90. The van der Waals surface area contributed by atoms with Gasteiger partial charge in [-0.1, -0.05) is 46.3 Å². The van der Waals surface area contributed by atoms with E-state index in [0.717, 1.165) is 49.8 Å². The lowest BCUT2D eigenvalue weighted by molar-refractivity contribution is -0.123. The van der Waals surface area contributed by atoms with Gasteiger partial charge in [0.1, 0.15) is 18.1 Å². The topological polar surface area (TPSA) is 60.8 Å². The van der Waals surface area contributed by atoms with Crippen LogP contribution in [0, 0.1) is 0 Å². The van der Waals surface area contributed by atoms with Crippen molar-refractivity contribution in [1.29, 1.82) is 0 Å². The quantitative estimate of drug-likeness (QED) is 0.189. The second-order valence-corrected chi connectivity index (χ2v) is 11.1. The highest BCUT2D eigenvalue weighted by atomic mass is 79.9. The Morgan fingerprint density at radius 1 is 0.947 bits per heavy atom. The lowest BCUT2D eigenvalue weighted by Crippen LogP contribution is -2.27. The van der Waals surface area contributed by atoms with E-state index >= 15 is 0 Å². The highest BCUT2D eigenvalue weighted by Gasteiger charge is 2.35. The van der Waals surface area contributed by atoms with Crippen LogP contribution in [-0.4, -0.2) is 33.3 Å². The molecule has 0 atom stereocenters. The third-order valence-electron chi connectivity index (χ3n) is 6.03. The number of carbonyl (C=O) groups is 2. The highest BCUT2D eigenvalue weighted by Crippen LogP contribution is 2.35. The molecule has 0 N–H and O–H groups in total. The predicted octanol–water partition coefficient (Wildman–Crippen LogP) is 7.51. The number of rotatable bonds is 9. The van der Waals surface area contributed by atoms with Gasteiger partial charge in [-0.3, -0.25) is 14.5 Å². The first kappa shape index (κ1) is 26.1. The van der Waals surface area contributed by atoms with Gasteiger partial charge in [-0.25, -0.2) is 0 Å². The zero-order valence-corrected chi connectivity index (χ0v) is 23.5. The van der Waals surface area contributed by atoms with E-state index in [4.69, 9.17) is 9.47 Å². The number of hydrogen-bond donors (Lipinski definition) is 0. The third kappa shape index (κ3) is 5.97. The summed E-state index contributed by atoms with van der Waals surface area (Å²) < 4.78 is 14.7. The summed E-state index contributed by atoms with van der Waals surface area (Å²) in [5.41, 5.74) is 2.83. The molecular formula is C30H27BrN2O4S. The first-order valence-corrected chi connectivity index (χ1v) is 14.0. The zero-order valence-electron chi connectivity index (χ0n) is 21.1. The molecule has 5 rings (SSSR count). The third-order valence-corrected chi connectivity index (χ3v) is 7.47. The van der Waals surface area contributed by atoms with E-state index in [1.807, 2.05) is 98.9 Å². The number of fused-ring (bicyclic) bond motifs is 1. The van der Waals surface area contributed by atoms with Crippen molar-refractivity contribution in [3.8, 4) is 11.5 Å². The van der Waals surface area contributed by atoms with Crippen molar-refractivity contribution in [2.75, 3.05) is 6.61 Å². The van der Waals surface area contributed by atoms with Crippen molar-refractivity contribution >= 4 is 55.8 Å². The van der Waals surface area contributed by atoms with Gasteiger partial charge in [0.25, 0.3) is 11.1 Å². The van der Waals surface area contributed by atoms with Crippen LogP contribution >= 0.6 is 27.7 Å². The number of hydrogen-bond acceptors (Lipinski definition) is 5. The van der Waals surface area contributed by atoms with Crippen molar-refractivity contribution in [3.05, 3.63) is 99.5 Å². The van der Waals surface area contributed by atoms with E-state index in [1.165, 1.54) is 4.90 Å². The SMILES string of the molecule is CC(C)Oc1ccc(OCCn2cc(/C=C3\SC(=O)N(Cc4ccc(Br)cc4)C3=O)c3ccccc32)cc1. The summed E-state index contributed by atoms with van der Waals surface area (Å²) in [6.45, 7) is 5.35. The first-order valence-electron chi connectivity index (χ1n) is 12.3. The Labute approximate surface area is 234 Å². The fourth-order valence-corrected chi connectivity index (χ4v) is 5.37. The second kappa shape index (κ2) is 11.5. The van der Waals surface area contributed by atoms with Crippen LogP contribution in [-0.2, 0) is 17.9 Å². The molecule has 8 heteroatoms. The molecule has 6 nitrogen and oxygen atoms in total. The van der Waals surface area contributed by atoms with Gasteiger partial charge in [-0.2, -0.15) is 0 Å². The number of carbonyl (C=O) groups excluding carboxylic acids is 2. The van der Waals surface area contributed by atoms with Crippen molar-refractivity contribution in [3.63, 3.8) is 0 Å². The number of benzene rings is 3. The average molecular weight is 592 g/mol. The Bertz CT molecular complexity index is 1490. The predicted molar refractivity (Wildman–Crippen MR) is 155 cm³/mol. The van der Waals surface area contributed by atoms with E-state index in [-0.39, 0.29) is 23.8 Å². The average Bonchev–Trinajstić information content (AvgIpc) is 3.38. The molecule has 0 saturated carbocycles. The molecule has 0 spiro atoms. The smallest absolute Gasteiger partial charge is 0.293 e. The molecule has 1 saturated heterocycles. The zero-order chi connectivity index (χ0) is 26.6. The molecule has 194 valence electrons. The lowest BCUT2D eigenvalue weighted by Gasteiger charge is -2.12. The number of thioether (sulfide) groups is 1. The van der Waals surface area contributed by atoms with Gasteiger partial charge in [0.2, 0.25) is 0 Å². The first-order chi connectivity index (χ1) is 18.4. The van der Waals surface area contributed by atoms with Crippen LogP contribution in [0.25, 0.3) is 17.0 Å². The summed E-state index contributed by atoms with van der Waals surface area (Å²) in [5.74, 6) is 1.32. The van der Waals surface area contributed by atoms with Crippen LogP contribution in [0.1, 0.15) is 25.0 Å². The van der Waals surface area contributed by atoms with Crippen molar-refractivity contribution in [1.82, 2.24) is 9.47 Å². The van der Waals surface area contributed by atoms with Crippen LogP contribution in [0.4, 0.5) is 4.79 Å². The van der Waals surface area contributed by atoms with Crippen LogP contribution in [0.15, 0.2) is 88.4 Å². The maximum Gasteiger partial charge on any atom is 0.293 e. The minimum absolute atomic E-state index is 0.124. The number of amides is 2. The molecular weight excluding hydrogens is 564 g/mol. The standard InChI is InChI=1S/C30H27BrN2O4S/c1-20(2)37-25-13-11-24(12-14-25)36-16-15-32-19-22(26-5-3-4-6-27(26)32)17-28-29(34)33(30(35)38-28)18-21-7-9-23(31)10-8-21/h3-14,17,19-20H,15-16,18H2,1-2H3/b28-17-. The van der Waals surface area contributed by atoms with E-state index < -0.39 is 0 Å².